The van der Waals surface area contributed by atoms with Gasteiger partial charge in [-0.05, 0) is 40.2 Å². The van der Waals surface area contributed by atoms with E-state index in [0.29, 0.717) is 6.42 Å². The Kier molecular flexibility index (Phi) is 3.35. The molecule has 0 radical (unpaired) electrons. The van der Waals surface area contributed by atoms with Gasteiger partial charge in [-0.3, -0.25) is 0 Å². The molecule has 0 saturated carbocycles. The first-order chi connectivity index (χ1) is 6.90. The average Bonchev–Trinajstić information content (AvgIpc) is 2.51. The average molecular weight is 210 g/mol. The topological polar surface area (TPSA) is 62.1 Å². The highest BCUT2D eigenvalue weighted by atomic mass is 16.6. The van der Waals surface area contributed by atoms with Crippen molar-refractivity contribution in [1.29, 1.82) is 5.26 Å². The van der Waals surface area contributed by atoms with Gasteiger partial charge in [0.05, 0.1) is 12.5 Å². The Labute approximate surface area is 90.6 Å². The van der Waals surface area contributed by atoms with Crippen molar-refractivity contribution in [2.45, 2.75) is 51.2 Å². The fourth-order valence-electron chi connectivity index (χ4n) is 1.71. The standard InChI is InChI=1S/C11H18N2O2/c1-10(2,3)15-9(14)11(6-7-12)5-4-8-13-11/h13H,4-6,8H2,1-3H3/t11-/m1/s1. The van der Waals surface area contributed by atoms with Crippen LogP contribution in [0.15, 0.2) is 0 Å². The van der Waals surface area contributed by atoms with Crippen LogP contribution in [-0.4, -0.2) is 23.7 Å². The van der Waals surface area contributed by atoms with Crippen molar-refractivity contribution in [1.82, 2.24) is 5.32 Å². The lowest BCUT2D eigenvalue weighted by molar-refractivity contribution is -0.162. The maximum absolute atomic E-state index is 11.9. The third kappa shape index (κ3) is 2.93. The summed E-state index contributed by atoms with van der Waals surface area (Å²) in [7, 11) is 0. The Morgan fingerprint density at radius 2 is 2.27 bits per heavy atom. The Bertz CT molecular complexity index is 280. The number of esters is 1. The summed E-state index contributed by atoms with van der Waals surface area (Å²) in [4.78, 5) is 11.9. The summed E-state index contributed by atoms with van der Waals surface area (Å²) in [5, 5.41) is 11.8. The molecule has 0 aliphatic carbocycles. The summed E-state index contributed by atoms with van der Waals surface area (Å²) in [6, 6.07) is 2.05. The van der Waals surface area contributed by atoms with Crippen LogP contribution in [0.2, 0.25) is 0 Å². The van der Waals surface area contributed by atoms with Gasteiger partial charge in [-0.2, -0.15) is 5.26 Å². The molecule has 15 heavy (non-hydrogen) atoms. The van der Waals surface area contributed by atoms with Gasteiger partial charge in [0.25, 0.3) is 0 Å². The number of rotatable bonds is 2. The van der Waals surface area contributed by atoms with Gasteiger partial charge in [-0.25, -0.2) is 4.79 Å². The van der Waals surface area contributed by atoms with E-state index in [0.717, 1.165) is 13.0 Å². The number of hydrogen-bond acceptors (Lipinski definition) is 4. The molecule has 4 heteroatoms. The molecule has 1 rings (SSSR count). The first kappa shape index (κ1) is 12.0. The minimum absolute atomic E-state index is 0.182. The highest BCUT2D eigenvalue weighted by molar-refractivity contribution is 5.82. The van der Waals surface area contributed by atoms with Crippen LogP contribution < -0.4 is 5.32 Å². The molecular formula is C11H18N2O2. The summed E-state index contributed by atoms with van der Waals surface area (Å²) in [6.45, 7) is 6.28. The lowest BCUT2D eigenvalue weighted by atomic mass is 9.94. The molecule has 1 aliphatic rings. The number of nitrogens with zero attached hydrogens (tertiary/aromatic N) is 1. The van der Waals surface area contributed by atoms with Crippen LogP contribution in [0.3, 0.4) is 0 Å². The molecule has 0 unspecified atom stereocenters. The van der Waals surface area contributed by atoms with Gasteiger partial charge in [-0.1, -0.05) is 0 Å². The molecule has 0 amide bonds. The molecule has 1 atom stereocenters. The van der Waals surface area contributed by atoms with E-state index in [4.69, 9.17) is 10.00 Å². The monoisotopic (exact) mass is 210 g/mol. The van der Waals surface area contributed by atoms with E-state index in [-0.39, 0.29) is 12.4 Å². The van der Waals surface area contributed by atoms with Crippen LogP contribution in [0.4, 0.5) is 0 Å². The third-order valence-electron chi connectivity index (χ3n) is 2.41. The number of carbonyl (C=O) groups is 1. The molecule has 84 valence electrons. The molecule has 0 aromatic rings. The van der Waals surface area contributed by atoms with Crippen LogP contribution >= 0.6 is 0 Å². The number of nitriles is 1. The van der Waals surface area contributed by atoms with E-state index in [1.807, 2.05) is 20.8 Å². The Morgan fingerprint density at radius 1 is 1.60 bits per heavy atom. The van der Waals surface area contributed by atoms with Crippen molar-refractivity contribution in [2.75, 3.05) is 6.54 Å². The lowest BCUT2D eigenvalue weighted by Crippen LogP contribution is -2.50. The Hall–Kier alpha value is -1.08. The van der Waals surface area contributed by atoms with Gasteiger partial charge in [0, 0.05) is 0 Å². The highest BCUT2D eigenvalue weighted by Crippen LogP contribution is 2.26. The lowest BCUT2D eigenvalue weighted by Gasteiger charge is -2.29. The molecule has 1 heterocycles. The molecule has 0 spiro atoms. The zero-order chi connectivity index (χ0) is 11.5. The second kappa shape index (κ2) is 4.19. The second-order valence-electron chi connectivity index (χ2n) is 4.95. The van der Waals surface area contributed by atoms with E-state index >= 15 is 0 Å². The van der Waals surface area contributed by atoms with Gasteiger partial charge in [-0.15, -0.1) is 0 Å². The number of hydrogen-bond donors (Lipinski definition) is 1. The Balaban J connectivity index is 2.73. The predicted molar refractivity (Wildman–Crippen MR) is 56.0 cm³/mol. The van der Waals surface area contributed by atoms with Crippen molar-refractivity contribution in [3.63, 3.8) is 0 Å². The SMILES string of the molecule is CC(C)(C)OC(=O)[C@]1(CC#N)CCCN1. The van der Waals surface area contributed by atoms with Crippen molar-refractivity contribution in [3.05, 3.63) is 0 Å². The fraction of sp³-hybridized carbons (Fsp3) is 0.818. The van der Waals surface area contributed by atoms with Crippen LogP contribution in [-0.2, 0) is 9.53 Å². The van der Waals surface area contributed by atoms with Gasteiger partial charge in [0.1, 0.15) is 11.1 Å². The summed E-state index contributed by atoms with van der Waals surface area (Å²) in [6.07, 6.45) is 1.79. The summed E-state index contributed by atoms with van der Waals surface area (Å²) in [5.74, 6) is -0.297. The fourth-order valence-corrected chi connectivity index (χ4v) is 1.71. The molecule has 1 fully saturated rings. The predicted octanol–water partition coefficient (Wildman–Crippen LogP) is 1.36. The minimum atomic E-state index is -0.762. The molecule has 0 aromatic carbocycles. The normalized spacial score (nSPS) is 26.0. The first-order valence-electron chi connectivity index (χ1n) is 5.25. The van der Waals surface area contributed by atoms with Gasteiger partial charge in [0.15, 0.2) is 0 Å². The Morgan fingerprint density at radius 3 is 2.67 bits per heavy atom. The molecule has 1 aliphatic heterocycles. The maximum Gasteiger partial charge on any atom is 0.327 e. The van der Waals surface area contributed by atoms with Gasteiger partial charge < -0.3 is 10.1 Å². The van der Waals surface area contributed by atoms with Crippen LogP contribution in [0.1, 0.15) is 40.0 Å². The van der Waals surface area contributed by atoms with Crippen LogP contribution in [0.25, 0.3) is 0 Å². The molecule has 0 bridgehead atoms. The first-order valence-corrected chi connectivity index (χ1v) is 5.25. The number of nitrogens with one attached hydrogen (secondary N) is 1. The third-order valence-corrected chi connectivity index (χ3v) is 2.41. The largest absolute Gasteiger partial charge is 0.459 e. The zero-order valence-electron chi connectivity index (χ0n) is 9.59. The van der Waals surface area contributed by atoms with E-state index < -0.39 is 11.1 Å². The van der Waals surface area contributed by atoms with E-state index in [1.54, 1.807) is 0 Å². The maximum atomic E-state index is 11.9. The van der Waals surface area contributed by atoms with E-state index in [2.05, 4.69) is 11.4 Å². The zero-order valence-corrected chi connectivity index (χ0v) is 9.59. The summed E-state index contributed by atoms with van der Waals surface area (Å²) >= 11 is 0. The molecule has 0 aromatic heterocycles. The molecule has 1 saturated heterocycles. The highest BCUT2D eigenvalue weighted by Gasteiger charge is 2.43. The van der Waals surface area contributed by atoms with Crippen LogP contribution in [0.5, 0.6) is 0 Å². The number of carbonyl (C=O) groups excluding carboxylic acids is 1. The quantitative estimate of drug-likeness (QED) is 0.699. The summed E-state index contributed by atoms with van der Waals surface area (Å²) < 4.78 is 5.32. The van der Waals surface area contributed by atoms with Crippen molar-refractivity contribution in [3.8, 4) is 6.07 Å². The van der Waals surface area contributed by atoms with Gasteiger partial charge in [0.2, 0.25) is 0 Å². The smallest absolute Gasteiger partial charge is 0.327 e. The molecular weight excluding hydrogens is 192 g/mol. The van der Waals surface area contributed by atoms with E-state index in [1.165, 1.54) is 0 Å². The van der Waals surface area contributed by atoms with Crippen molar-refractivity contribution < 1.29 is 9.53 Å². The molecule has 1 N–H and O–H groups in total. The van der Waals surface area contributed by atoms with Gasteiger partial charge >= 0.3 is 5.97 Å². The van der Waals surface area contributed by atoms with Crippen LogP contribution in [0, 0.1) is 11.3 Å². The van der Waals surface area contributed by atoms with Crippen molar-refractivity contribution >= 4 is 5.97 Å². The summed E-state index contributed by atoms with van der Waals surface area (Å²) in [5.41, 5.74) is -1.26. The van der Waals surface area contributed by atoms with E-state index in [9.17, 15) is 4.79 Å². The minimum Gasteiger partial charge on any atom is -0.459 e. The second-order valence-corrected chi connectivity index (χ2v) is 4.95. The number of ether oxygens (including phenoxy) is 1. The molecule has 4 nitrogen and oxygen atoms in total. The van der Waals surface area contributed by atoms with Crippen molar-refractivity contribution in [2.24, 2.45) is 0 Å².